The van der Waals surface area contributed by atoms with E-state index in [1.54, 1.807) is 23.9 Å². The van der Waals surface area contributed by atoms with Gasteiger partial charge < -0.3 is 9.55 Å². The van der Waals surface area contributed by atoms with Crippen LogP contribution in [0, 0.1) is 6.92 Å². The number of nitrogens with zero attached hydrogens (tertiary/aromatic N) is 5. The molecule has 5 rings (SSSR count). The van der Waals surface area contributed by atoms with E-state index in [1.807, 2.05) is 36.7 Å². The lowest BCUT2D eigenvalue weighted by Crippen LogP contribution is -2.24. The van der Waals surface area contributed by atoms with Crippen molar-refractivity contribution in [2.45, 2.75) is 13.5 Å². The summed E-state index contributed by atoms with van der Waals surface area (Å²) in [6.45, 7) is 2.38. The minimum absolute atomic E-state index is 0.104. The third kappa shape index (κ3) is 2.04. The first-order chi connectivity index (χ1) is 12.1. The van der Waals surface area contributed by atoms with Crippen LogP contribution < -0.4 is 5.56 Å². The minimum Gasteiger partial charge on any atom is -0.345 e. The van der Waals surface area contributed by atoms with E-state index in [0.717, 1.165) is 37.3 Å². The average molecular weight is 350 g/mol. The van der Waals surface area contributed by atoms with E-state index in [-0.39, 0.29) is 5.56 Å². The second-order valence-corrected chi connectivity index (χ2v) is 7.27. The monoisotopic (exact) mass is 350 g/mol. The van der Waals surface area contributed by atoms with Gasteiger partial charge in [0.05, 0.1) is 39.8 Å². The number of benzene rings is 1. The number of aryl methyl sites for hydroxylation is 2. The molecule has 124 valence electrons. The van der Waals surface area contributed by atoms with Crippen molar-refractivity contribution < 1.29 is 0 Å². The predicted octanol–water partition coefficient (Wildman–Crippen LogP) is 2.58. The lowest BCUT2D eigenvalue weighted by molar-refractivity contribution is 0.644. The number of fused-ring (bicyclic) bond motifs is 4. The van der Waals surface area contributed by atoms with E-state index < -0.39 is 0 Å². The maximum Gasteiger partial charge on any atom is 0.291 e. The molecule has 0 bridgehead atoms. The Kier molecular flexibility index (Phi) is 2.87. The molecule has 0 saturated heterocycles. The topological polar surface area (TPSA) is 81.4 Å². The predicted molar refractivity (Wildman–Crippen MR) is 98.1 cm³/mol. The van der Waals surface area contributed by atoms with Crippen LogP contribution in [0.3, 0.4) is 0 Å². The fourth-order valence-electron chi connectivity index (χ4n) is 3.26. The highest BCUT2D eigenvalue weighted by Crippen LogP contribution is 2.30. The van der Waals surface area contributed by atoms with Crippen LogP contribution in [0.5, 0.6) is 0 Å². The molecule has 0 radical (unpaired) electrons. The molecule has 0 aliphatic carbocycles. The van der Waals surface area contributed by atoms with Gasteiger partial charge >= 0.3 is 0 Å². The van der Waals surface area contributed by atoms with Gasteiger partial charge in [-0.3, -0.25) is 4.79 Å². The number of nitrogens with one attached hydrogen (secondary N) is 1. The number of thiazole rings is 1. The van der Waals surface area contributed by atoms with Gasteiger partial charge in [0.15, 0.2) is 5.65 Å². The first kappa shape index (κ1) is 14.4. The molecule has 0 fully saturated rings. The third-order valence-electron chi connectivity index (χ3n) is 4.45. The van der Waals surface area contributed by atoms with Crippen molar-refractivity contribution in [3.05, 3.63) is 51.6 Å². The zero-order chi connectivity index (χ0) is 17.1. The zero-order valence-corrected chi connectivity index (χ0v) is 14.5. The molecule has 1 N–H and O–H groups in total. The maximum absolute atomic E-state index is 13.0. The Morgan fingerprint density at radius 3 is 3.08 bits per heavy atom. The highest BCUT2D eigenvalue weighted by molar-refractivity contribution is 7.19. The van der Waals surface area contributed by atoms with Gasteiger partial charge in [-0.25, -0.2) is 14.6 Å². The van der Waals surface area contributed by atoms with Crippen molar-refractivity contribution >= 4 is 43.6 Å². The van der Waals surface area contributed by atoms with Crippen molar-refractivity contribution in [3.8, 4) is 0 Å². The van der Waals surface area contributed by atoms with Crippen LogP contribution >= 0.6 is 11.3 Å². The van der Waals surface area contributed by atoms with Crippen molar-refractivity contribution in [2.24, 2.45) is 7.05 Å². The number of rotatable bonds is 2. The molecule has 4 aromatic heterocycles. The van der Waals surface area contributed by atoms with Crippen molar-refractivity contribution in [2.75, 3.05) is 0 Å². The molecule has 1 aromatic carbocycles. The number of hydrogen-bond acceptors (Lipinski definition) is 5. The molecule has 0 aliphatic heterocycles. The fourth-order valence-corrected chi connectivity index (χ4v) is 4.22. The molecule has 0 aliphatic rings. The molecule has 0 spiro atoms. The second kappa shape index (κ2) is 5.00. The van der Waals surface area contributed by atoms with E-state index in [0.29, 0.717) is 12.1 Å². The van der Waals surface area contributed by atoms with Gasteiger partial charge in [0.2, 0.25) is 0 Å². The van der Waals surface area contributed by atoms with Gasteiger partial charge in [-0.05, 0) is 24.6 Å². The standard InChI is InChI=1S/C17H14N6OS/c1-9-21-16-15(25-9)11-6-20-23(17(24)14(11)22(16)2)7-10-3-4-12-13(5-10)19-8-18-12/h3-6,8H,7H2,1-2H3,(H,18,19). The van der Waals surface area contributed by atoms with Gasteiger partial charge in [-0.2, -0.15) is 5.10 Å². The molecule has 0 unspecified atom stereocenters. The van der Waals surface area contributed by atoms with Crippen LogP contribution in [-0.4, -0.2) is 29.3 Å². The average Bonchev–Trinajstić information content (AvgIpc) is 3.26. The van der Waals surface area contributed by atoms with Crippen LogP contribution in [0.15, 0.2) is 35.5 Å². The Hall–Kier alpha value is -3.00. The quantitative estimate of drug-likeness (QED) is 0.530. The van der Waals surface area contributed by atoms with E-state index in [9.17, 15) is 4.79 Å². The highest BCUT2D eigenvalue weighted by atomic mass is 32.1. The molecule has 0 saturated carbocycles. The van der Waals surface area contributed by atoms with Crippen molar-refractivity contribution in [1.82, 2.24) is 29.3 Å². The first-order valence-electron chi connectivity index (χ1n) is 7.85. The molecule has 4 heterocycles. The van der Waals surface area contributed by atoms with Crippen LogP contribution in [0.4, 0.5) is 0 Å². The van der Waals surface area contributed by atoms with Crippen LogP contribution in [0.25, 0.3) is 32.3 Å². The summed E-state index contributed by atoms with van der Waals surface area (Å²) < 4.78 is 4.38. The zero-order valence-electron chi connectivity index (χ0n) is 13.6. The van der Waals surface area contributed by atoms with E-state index in [4.69, 9.17) is 0 Å². The Labute approximate surface area is 145 Å². The van der Waals surface area contributed by atoms with E-state index in [2.05, 4.69) is 20.1 Å². The van der Waals surface area contributed by atoms with Gasteiger partial charge in [0.25, 0.3) is 5.56 Å². The summed E-state index contributed by atoms with van der Waals surface area (Å²) in [6, 6.07) is 5.90. The van der Waals surface area contributed by atoms with Crippen LogP contribution in [0.1, 0.15) is 10.6 Å². The maximum atomic E-state index is 13.0. The van der Waals surface area contributed by atoms with Gasteiger partial charge in [-0.15, -0.1) is 11.3 Å². The van der Waals surface area contributed by atoms with Crippen molar-refractivity contribution in [3.63, 3.8) is 0 Å². The lowest BCUT2D eigenvalue weighted by atomic mass is 10.2. The van der Waals surface area contributed by atoms with Gasteiger partial charge in [0.1, 0.15) is 5.52 Å². The van der Waals surface area contributed by atoms with E-state index in [1.165, 1.54) is 4.68 Å². The molecule has 0 amide bonds. The molecule has 0 atom stereocenters. The van der Waals surface area contributed by atoms with E-state index >= 15 is 0 Å². The third-order valence-corrected chi connectivity index (χ3v) is 5.44. The minimum atomic E-state index is -0.104. The SMILES string of the molecule is Cc1nc2c(s1)c1cnn(Cc3ccc4nc[nH]c4c3)c(=O)c1n2C. The normalized spacial score (nSPS) is 11.9. The van der Waals surface area contributed by atoms with Crippen molar-refractivity contribution in [1.29, 1.82) is 0 Å². The number of aromatic nitrogens is 6. The highest BCUT2D eigenvalue weighted by Gasteiger charge is 2.17. The number of aromatic amines is 1. The Bertz CT molecular complexity index is 1320. The van der Waals surface area contributed by atoms with Crippen LogP contribution in [0.2, 0.25) is 0 Å². The second-order valence-electron chi connectivity index (χ2n) is 6.07. The van der Waals surface area contributed by atoms with Crippen LogP contribution in [-0.2, 0) is 13.6 Å². The summed E-state index contributed by atoms with van der Waals surface area (Å²) in [5.41, 5.74) is 4.23. The molecule has 5 aromatic rings. The Balaban J connectivity index is 1.67. The number of imidazole rings is 1. The fraction of sp³-hybridized carbons (Fsp3) is 0.176. The summed E-state index contributed by atoms with van der Waals surface area (Å²) in [4.78, 5) is 24.8. The molecule has 8 heteroatoms. The largest absolute Gasteiger partial charge is 0.345 e. The summed E-state index contributed by atoms with van der Waals surface area (Å²) in [5, 5.41) is 6.24. The first-order valence-corrected chi connectivity index (χ1v) is 8.67. The molecular formula is C17H14N6OS. The summed E-state index contributed by atoms with van der Waals surface area (Å²) in [7, 11) is 1.88. The smallest absolute Gasteiger partial charge is 0.291 e. The van der Waals surface area contributed by atoms with Gasteiger partial charge in [-0.1, -0.05) is 6.07 Å². The summed E-state index contributed by atoms with van der Waals surface area (Å²) >= 11 is 1.59. The molecule has 7 nitrogen and oxygen atoms in total. The summed E-state index contributed by atoms with van der Waals surface area (Å²) in [5.74, 6) is 0. The number of H-pyrrole nitrogens is 1. The molecule has 25 heavy (non-hydrogen) atoms. The summed E-state index contributed by atoms with van der Waals surface area (Å²) in [6.07, 6.45) is 3.43. The lowest BCUT2D eigenvalue weighted by Gasteiger charge is -2.06. The van der Waals surface area contributed by atoms with Gasteiger partial charge in [0, 0.05) is 12.4 Å². The molecular weight excluding hydrogens is 336 g/mol. The Morgan fingerprint density at radius 2 is 2.20 bits per heavy atom. The Morgan fingerprint density at radius 1 is 1.32 bits per heavy atom. The number of hydrogen-bond donors (Lipinski definition) is 1.